The third kappa shape index (κ3) is 3.28. The first-order valence-corrected chi connectivity index (χ1v) is 10.4. The minimum absolute atomic E-state index is 0.00415. The SMILES string of the molecule is COCn1cc(NC(=O)CC23CC4CC(C2)CC(n2cc([N+](=O)[O-])cn2)(C4)C3)cn1. The predicted octanol–water partition coefficient (Wildman–Crippen LogP) is 2.92. The van der Waals surface area contributed by atoms with Crippen LogP contribution in [0.4, 0.5) is 11.4 Å². The molecule has 4 aliphatic carbocycles. The molecule has 4 saturated carbocycles. The maximum Gasteiger partial charge on any atom is 0.307 e. The lowest BCUT2D eigenvalue weighted by Crippen LogP contribution is -2.57. The fourth-order valence-electron chi connectivity index (χ4n) is 6.72. The van der Waals surface area contributed by atoms with Gasteiger partial charge in [-0.2, -0.15) is 10.2 Å². The van der Waals surface area contributed by atoms with Crippen LogP contribution in [0.15, 0.2) is 24.8 Å². The van der Waals surface area contributed by atoms with Crippen molar-refractivity contribution in [2.45, 2.75) is 57.2 Å². The first kappa shape index (κ1) is 19.2. The van der Waals surface area contributed by atoms with Gasteiger partial charge >= 0.3 is 5.69 Å². The van der Waals surface area contributed by atoms with Crippen LogP contribution >= 0.6 is 0 Å². The fourth-order valence-corrected chi connectivity index (χ4v) is 6.72. The van der Waals surface area contributed by atoms with Gasteiger partial charge in [0, 0.05) is 13.5 Å². The van der Waals surface area contributed by atoms with Crippen molar-refractivity contribution < 1.29 is 14.5 Å². The minimum atomic E-state index is -0.392. The van der Waals surface area contributed by atoms with Gasteiger partial charge in [0.15, 0.2) is 0 Å². The smallest absolute Gasteiger partial charge is 0.307 e. The molecule has 0 radical (unpaired) electrons. The van der Waals surface area contributed by atoms with Crippen LogP contribution in [0.5, 0.6) is 0 Å². The summed E-state index contributed by atoms with van der Waals surface area (Å²) in [5.74, 6) is 1.09. The number of hydrogen-bond acceptors (Lipinski definition) is 6. The van der Waals surface area contributed by atoms with Gasteiger partial charge in [-0.25, -0.2) is 4.68 Å². The van der Waals surface area contributed by atoms with Gasteiger partial charge in [-0.15, -0.1) is 0 Å². The van der Waals surface area contributed by atoms with Crippen molar-refractivity contribution in [3.05, 3.63) is 34.9 Å². The van der Waals surface area contributed by atoms with Gasteiger partial charge in [-0.1, -0.05) is 0 Å². The highest BCUT2D eigenvalue weighted by molar-refractivity contribution is 5.90. The number of ether oxygens (including phenoxy) is 1. The third-order valence-corrected chi connectivity index (χ3v) is 7.13. The van der Waals surface area contributed by atoms with E-state index in [-0.39, 0.29) is 22.5 Å². The molecule has 10 heteroatoms. The van der Waals surface area contributed by atoms with Crippen molar-refractivity contribution in [2.24, 2.45) is 17.3 Å². The number of nitro groups is 1. The first-order valence-electron chi connectivity index (χ1n) is 10.4. The Hall–Kier alpha value is -2.75. The molecule has 0 saturated heterocycles. The number of nitrogens with zero attached hydrogens (tertiary/aromatic N) is 5. The Morgan fingerprint density at radius 1 is 1.27 bits per heavy atom. The van der Waals surface area contributed by atoms with Crippen LogP contribution in [-0.4, -0.2) is 37.5 Å². The largest absolute Gasteiger partial charge is 0.362 e. The molecule has 1 amide bonds. The molecular weight excluding hydrogens is 388 g/mol. The highest BCUT2D eigenvalue weighted by Crippen LogP contribution is 2.65. The Morgan fingerprint density at radius 2 is 2.03 bits per heavy atom. The van der Waals surface area contributed by atoms with E-state index >= 15 is 0 Å². The molecule has 4 bridgehead atoms. The van der Waals surface area contributed by atoms with Gasteiger partial charge in [0.25, 0.3) is 0 Å². The Bertz CT molecular complexity index is 968. The second-order valence-electron chi connectivity index (χ2n) is 9.50. The van der Waals surface area contributed by atoms with Crippen LogP contribution in [0.1, 0.15) is 44.9 Å². The highest BCUT2D eigenvalue weighted by Gasteiger charge is 2.59. The molecule has 2 atom stereocenters. The monoisotopic (exact) mass is 414 g/mol. The maximum atomic E-state index is 12.9. The highest BCUT2D eigenvalue weighted by atomic mass is 16.6. The van der Waals surface area contributed by atoms with E-state index in [0.717, 1.165) is 32.1 Å². The summed E-state index contributed by atoms with van der Waals surface area (Å²) in [6.07, 6.45) is 12.9. The van der Waals surface area contributed by atoms with E-state index in [1.54, 1.807) is 30.4 Å². The van der Waals surface area contributed by atoms with Crippen molar-refractivity contribution in [3.63, 3.8) is 0 Å². The maximum absolute atomic E-state index is 12.9. The molecule has 10 nitrogen and oxygen atoms in total. The summed E-state index contributed by atoms with van der Waals surface area (Å²) in [4.78, 5) is 23.7. The number of aromatic nitrogens is 4. The zero-order valence-electron chi connectivity index (χ0n) is 17.0. The average Bonchev–Trinajstić information content (AvgIpc) is 3.30. The summed E-state index contributed by atoms with van der Waals surface area (Å²) in [6.45, 7) is 0.335. The lowest BCUT2D eigenvalue weighted by Gasteiger charge is -2.61. The van der Waals surface area contributed by atoms with Crippen molar-refractivity contribution >= 4 is 17.3 Å². The number of rotatable bonds is 7. The predicted molar refractivity (Wildman–Crippen MR) is 106 cm³/mol. The number of anilines is 1. The van der Waals surface area contributed by atoms with E-state index in [9.17, 15) is 14.9 Å². The number of carbonyl (C=O) groups excluding carboxylic acids is 1. The number of nitrogens with one attached hydrogen (secondary N) is 1. The van der Waals surface area contributed by atoms with Crippen LogP contribution in [0, 0.1) is 27.4 Å². The van der Waals surface area contributed by atoms with E-state index in [4.69, 9.17) is 4.74 Å². The second kappa shape index (κ2) is 6.90. The Kier molecular flexibility index (Phi) is 4.42. The van der Waals surface area contributed by atoms with E-state index in [0.29, 0.717) is 30.7 Å². The minimum Gasteiger partial charge on any atom is -0.362 e. The Morgan fingerprint density at radius 3 is 2.70 bits per heavy atom. The van der Waals surface area contributed by atoms with Gasteiger partial charge in [0.05, 0.1) is 28.5 Å². The van der Waals surface area contributed by atoms with Crippen molar-refractivity contribution in [1.82, 2.24) is 19.6 Å². The molecule has 6 rings (SSSR count). The van der Waals surface area contributed by atoms with Gasteiger partial charge in [-0.05, 0) is 55.8 Å². The molecule has 160 valence electrons. The molecule has 0 aliphatic heterocycles. The van der Waals surface area contributed by atoms with Gasteiger partial charge < -0.3 is 10.1 Å². The van der Waals surface area contributed by atoms with E-state index in [1.807, 2.05) is 4.68 Å². The Balaban J connectivity index is 1.34. The number of hydrogen-bond donors (Lipinski definition) is 1. The third-order valence-electron chi connectivity index (χ3n) is 7.13. The first-order chi connectivity index (χ1) is 14.4. The molecule has 2 aromatic rings. The zero-order valence-corrected chi connectivity index (χ0v) is 17.0. The molecule has 1 N–H and O–H groups in total. The van der Waals surface area contributed by atoms with Gasteiger partial charge in [0.2, 0.25) is 5.91 Å². The Labute approximate surface area is 173 Å². The number of amides is 1. The summed E-state index contributed by atoms with van der Waals surface area (Å²) >= 11 is 0. The van der Waals surface area contributed by atoms with Gasteiger partial charge in [-0.3, -0.25) is 19.6 Å². The lowest BCUT2D eigenvalue weighted by molar-refractivity contribution is -0.385. The molecule has 4 aliphatic rings. The van der Waals surface area contributed by atoms with Crippen molar-refractivity contribution in [1.29, 1.82) is 0 Å². The summed E-state index contributed by atoms with van der Waals surface area (Å²) in [5.41, 5.74) is 0.421. The van der Waals surface area contributed by atoms with Crippen molar-refractivity contribution in [2.75, 3.05) is 12.4 Å². The summed E-state index contributed by atoms with van der Waals surface area (Å²) in [5, 5.41) is 22.7. The van der Waals surface area contributed by atoms with Gasteiger partial charge in [0.1, 0.15) is 19.1 Å². The molecule has 2 heterocycles. The molecule has 4 fully saturated rings. The molecule has 2 aromatic heterocycles. The van der Waals surface area contributed by atoms with Crippen LogP contribution in [0.25, 0.3) is 0 Å². The average molecular weight is 414 g/mol. The van der Waals surface area contributed by atoms with E-state index in [2.05, 4.69) is 15.5 Å². The second-order valence-corrected chi connectivity index (χ2v) is 9.50. The molecule has 0 spiro atoms. The van der Waals surface area contributed by atoms with Crippen LogP contribution in [0.2, 0.25) is 0 Å². The van der Waals surface area contributed by atoms with E-state index < -0.39 is 4.92 Å². The topological polar surface area (TPSA) is 117 Å². The van der Waals surface area contributed by atoms with Crippen molar-refractivity contribution in [3.8, 4) is 0 Å². The van der Waals surface area contributed by atoms with E-state index in [1.165, 1.54) is 12.6 Å². The molecule has 2 unspecified atom stereocenters. The summed E-state index contributed by atoms with van der Waals surface area (Å²) in [7, 11) is 1.59. The van der Waals surface area contributed by atoms with Crippen LogP contribution < -0.4 is 5.32 Å². The fraction of sp³-hybridized carbons (Fsp3) is 0.650. The quantitative estimate of drug-likeness (QED) is 0.550. The standard InChI is InChI=1S/C20H26N6O4/c1-30-13-24-10-16(8-21-24)23-18(27)7-19-3-14-2-15(4-19)6-20(5-14,12-19)25-11-17(9-22-25)26(28)29/h8-11,14-15H,2-7,12-13H2,1H3,(H,23,27). The molecular formula is C20H26N6O4. The normalized spacial score (nSPS) is 31.8. The lowest BCUT2D eigenvalue weighted by atomic mass is 9.46. The summed E-state index contributed by atoms with van der Waals surface area (Å²) < 4.78 is 8.51. The number of methoxy groups -OCH3 is 1. The molecule has 30 heavy (non-hydrogen) atoms. The number of carbonyl (C=O) groups is 1. The van der Waals surface area contributed by atoms with Crippen LogP contribution in [-0.2, 0) is 21.8 Å². The molecule has 0 aromatic carbocycles. The summed E-state index contributed by atoms with van der Waals surface area (Å²) in [6, 6.07) is 0. The zero-order chi connectivity index (χ0) is 20.9. The van der Waals surface area contributed by atoms with Crippen LogP contribution in [0.3, 0.4) is 0 Å².